The van der Waals surface area contributed by atoms with Gasteiger partial charge in [-0.3, -0.25) is 4.79 Å². The maximum Gasteiger partial charge on any atom is 0.231 e. The van der Waals surface area contributed by atoms with E-state index in [0.29, 0.717) is 18.7 Å². The quantitative estimate of drug-likeness (QED) is 0.831. The molecular formula is C13H11NO4. The first-order chi connectivity index (χ1) is 8.79. The second-order valence-corrected chi connectivity index (χ2v) is 4.60. The van der Waals surface area contributed by atoms with Crippen LogP contribution in [0.2, 0.25) is 0 Å². The lowest BCUT2D eigenvalue weighted by atomic mass is 10.1. The van der Waals surface area contributed by atoms with Crippen molar-refractivity contribution in [1.82, 2.24) is 5.32 Å². The molecule has 1 amide bonds. The molecule has 1 unspecified atom stereocenters. The van der Waals surface area contributed by atoms with E-state index in [0.717, 1.165) is 22.5 Å². The predicted molar refractivity (Wildman–Crippen MR) is 62.7 cm³/mol. The van der Waals surface area contributed by atoms with Gasteiger partial charge in [-0.25, -0.2) is 0 Å². The fourth-order valence-electron chi connectivity index (χ4n) is 2.46. The Kier molecular flexibility index (Phi) is 1.86. The van der Waals surface area contributed by atoms with Gasteiger partial charge in [0.05, 0.1) is 0 Å². The molecule has 5 nitrogen and oxygen atoms in total. The maximum atomic E-state index is 11.2. The van der Waals surface area contributed by atoms with Crippen LogP contribution >= 0.6 is 0 Å². The zero-order valence-corrected chi connectivity index (χ0v) is 9.56. The lowest BCUT2D eigenvalue weighted by molar-refractivity contribution is -0.119. The molecule has 2 aliphatic heterocycles. The van der Waals surface area contributed by atoms with E-state index in [9.17, 15) is 4.79 Å². The summed E-state index contributed by atoms with van der Waals surface area (Å²) in [5, 5.41) is 3.79. The minimum Gasteiger partial charge on any atom is -0.461 e. The van der Waals surface area contributed by atoms with Gasteiger partial charge in [-0.05, 0) is 12.1 Å². The molecule has 0 bridgehead atoms. The van der Waals surface area contributed by atoms with Gasteiger partial charge in [0.15, 0.2) is 11.5 Å². The molecule has 2 aromatic rings. The molecule has 3 heterocycles. The molecule has 1 fully saturated rings. The third-order valence-electron chi connectivity index (χ3n) is 3.41. The molecule has 0 spiro atoms. The summed E-state index contributed by atoms with van der Waals surface area (Å²) in [5.74, 6) is 2.50. The molecule has 92 valence electrons. The Bertz CT molecular complexity index is 605. The third-order valence-corrected chi connectivity index (χ3v) is 3.41. The molecule has 0 saturated carbocycles. The van der Waals surface area contributed by atoms with E-state index in [-0.39, 0.29) is 18.6 Å². The van der Waals surface area contributed by atoms with Crippen LogP contribution in [0.4, 0.5) is 0 Å². The number of carbonyl (C=O) groups excluding carboxylic acids is 1. The number of amides is 1. The molecular weight excluding hydrogens is 234 g/mol. The number of nitrogens with one attached hydrogen (secondary N) is 1. The van der Waals surface area contributed by atoms with Crippen molar-refractivity contribution in [3.05, 3.63) is 24.0 Å². The molecule has 1 saturated heterocycles. The molecule has 0 aliphatic carbocycles. The van der Waals surface area contributed by atoms with E-state index in [2.05, 4.69) is 5.32 Å². The Hall–Kier alpha value is -2.17. The van der Waals surface area contributed by atoms with Crippen molar-refractivity contribution in [3.63, 3.8) is 0 Å². The van der Waals surface area contributed by atoms with Gasteiger partial charge in [-0.1, -0.05) is 0 Å². The van der Waals surface area contributed by atoms with Crippen LogP contribution in [-0.2, 0) is 4.79 Å². The van der Waals surface area contributed by atoms with Gasteiger partial charge in [-0.15, -0.1) is 0 Å². The summed E-state index contributed by atoms with van der Waals surface area (Å²) in [6.07, 6.45) is 0.493. The molecule has 0 radical (unpaired) electrons. The van der Waals surface area contributed by atoms with Crippen molar-refractivity contribution >= 4 is 16.9 Å². The summed E-state index contributed by atoms with van der Waals surface area (Å²) in [7, 11) is 0. The molecule has 18 heavy (non-hydrogen) atoms. The van der Waals surface area contributed by atoms with Crippen molar-refractivity contribution in [3.8, 4) is 11.5 Å². The van der Waals surface area contributed by atoms with E-state index in [1.165, 1.54) is 0 Å². The van der Waals surface area contributed by atoms with Crippen LogP contribution in [0, 0.1) is 0 Å². The second kappa shape index (κ2) is 3.41. The molecule has 5 heteroatoms. The van der Waals surface area contributed by atoms with Crippen LogP contribution in [-0.4, -0.2) is 19.2 Å². The zero-order valence-electron chi connectivity index (χ0n) is 9.56. The second-order valence-electron chi connectivity index (χ2n) is 4.60. The van der Waals surface area contributed by atoms with Crippen LogP contribution in [0.1, 0.15) is 18.1 Å². The van der Waals surface area contributed by atoms with Gasteiger partial charge < -0.3 is 19.2 Å². The standard InChI is InChI=1S/C13H11NO4/c15-13-3-8(5-14-13)9-1-7-2-11-12(17-6-16-11)4-10(7)18-9/h1-2,4,8H,3,5-6H2,(H,14,15). The van der Waals surface area contributed by atoms with E-state index in [1.54, 1.807) is 0 Å². The van der Waals surface area contributed by atoms with Gasteiger partial charge in [0, 0.05) is 30.3 Å². The summed E-state index contributed by atoms with van der Waals surface area (Å²) in [6, 6.07) is 5.72. The minimum atomic E-state index is 0.0783. The van der Waals surface area contributed by atoms with Gasteiger partial charge in [0.1, 0.15) is 11.3 Å². The monoisotopic (exact) mass is 245 g/mol. The summed E-state index contributed by atoms with van der Waals surface area (Å²) in [4.78, 5) is 11.2. The number of ether oxygens (including phenoxy) is 2. The number of hydrogen-bond donors (Lipinski definition) is 1. The molecule has 2 aliphatic rings. The number of benzene rings is 1. The Labute approximate surface area is 103 Å². The molecule has 1 aromatic carbocycles. The molecule has 1 aromatic heterocycles. The predicted octanol–water partition coefficient (Wildman–Crippen LogP) is 1.76. The van der Waals surface area contributed by atoms with Gasteiger partial charge in [-0.2, -0.15) is 0 Å². The van der Waals surface area contributed by atoms with Gasteiger partial charge in [0.2, 0.25) is 12.7 Å². The van der Waals surface area contributed by atoms with E-state index in [1.807, 2.05) is 18.2 Å². The van der Waals surface area contributed by atoms with E-state index >= 15 is 0 Å². The largest absolute Gasteiger partial charge is 0.461 e. The zero-order chi connectivity index (χ0) is 12.1. The van der Waals surface area contributed by atoms with Crippen molar-refractivity contribution in [1.29, 1.82) is 0 Å². The maximum absolute atomic E-state index is 11.2. The first kappa shape index (κ1) is 9.82. The highest BCUT2D eigenvalue weighted by Crippen LogP contribution is 2.38. The van der Waals surface area contributed by atoms with Crippen molar-refractivity contribution in [2.45, 2.75) is 12.3 Å². The van der Waals surface area contributed by atoms with Crippen molar-refractivity contribution < 1.29 is 18.7 Å². The van der Waals surface area contributed by atoms with Crippen molar-refractivity contribution in [2.24, 2.45) is 0 Å². The Morgan fingerprint density at radius 1 is 1.17 bits per heavy atom. The number of rotatable bonds is 1. The average Bonchev–Trinajstić information content (AvgIpc) is 3.02. The minimum absolute atomic E-state index is 0.0783. The number of furan rings is 1. The van der Waals surface area contributed by atoms with E-state index in [4.69, 9.17) is 13.9 Å². The molecule has 4 rings (SSSR count). The highest BCUT2D eigenvalue weighted by atomic mass is 16.7. The lowest BCUT2D eigenvalue weighted by Gasteiger charge is -2.00. The number of hydrogen-bond acceptors (Lipinski definition) is 4. The Morgan fingerprint density at radius 3 is 2.78 bits per heavy atom. The van der Waals surface area contributed by atoms with Crippen LogP contribution in [0.25, 0.3) is 11.0 Å². The lowest BCUT2D eigenvalue weighted by Crippen LogP contribution is -2.13. The average molecular weight is 245 g/mol. The fraction of sp³-hybridized carbons (Fsp3) is 0.308. The first-order valence-corrected chi connectivity index (χ1v) is 5.89. The highest BCUT2D eigenvalue weighted by Gasteiger charge is 2.26. The van der Waals surface area contributed by atoms with Crippen LogP contribution in [0.15, 0.2) is 22.6 Å². The third kappa shape index (κ3) is 1.37. The number of carbonyl (C=O) groups is 1. The van der Waals surface area contributed by atoms with Gasteiger partial charge in [0.25, 0.3) is 0 Å². The first-order valence-electron chi connectivity index (χ1n) is 5.89. The summed E-state index contributed by atoms with van der Waals surface area (Å²) < 4.78 is 16.4. The Balaban J connectivity index is 1.78. The van der Waals surface area contributed by atoms with E-state index < -0.39 is 0 Å². The Morgan fingerprint density at radius 2 is 2.00 bits per heavy atom. The SMILES string of the molecule is O=C1CC(c2cc3cc4c(cc3o2)OCO4)CN1. The van der Waals surface area contributed by atoms with Crippen LogP contribution < -0.4 is 14.8 Å². The molecule has 1 atom stereocenters. The van der Waals surface area contributed by atoms with Gasteiger partial charge >= 0.3 is 0 Å². The highest BCUT2D eigenvalue weighted by molar-refractivity contribution is 5.83. The van der Waals surface area contributed by atoms with Crippen molar-refractivity contribution in [2.75, 3.05) is 13.3 Å². The molecule has 1 N–H and O–H groups in total. The van der Waals surface area contributed by atoms with Crippen LogP contribution in [0.5, 0.6) is 11.5 Å². The topological polar surface area (TPSA) is 60.7 Å². The summed E-state index contributed by atoms with van der Waals surface area (Å²) in [6.45, 7) is 0.904. The smallest absolute Gasteiger partial charge is 0.231 e. The summed E-state index contributed by atoms with van der Waals surface area (Å²) in [5.41, 5.74) is 0.772. The normalized spacial score (nSPS) is 21.6. The fourth-order valence-corrected chi connectivity index (χ4v) is 2.46. The number of fused-ring (bicyclic) bond motifs is 2. The summed E-state index contributed by atoms with van der Waals surface area (Å²) >= 11 is 0. The van der Waals surface area contributed by atoms with Crippen LogP contribution in [0.3, 0.4) is 0 Å².